The average Bonchev–Trinajstić information content (AvgIpc) is 3.83. The van der Waals surface area contributed by atoms with Crippen molar-refractivity contribution in [2.24, 2.45) is 0 Å². The van der Waals surface area contributed by atoms with Crippen molar-refractivity contribution in [1.82, 2.24) is 30.0 Å². The van der Waals surface area contributed by atoms with Gasteiger partial charge in [0.1, 0.15) is 82.6 Å². The Labute approximate surface area is 298 Å². The minimum Gasteiger partial charge on any atom is -0.382 e. The molecule has 4 aromatic rings. The van der Waals surface area contributed by atoms with E-state index in [1.165, 1.54) is 36.0 Å². The number of nitrogens with zero attached hydrogens (tertiary/aromatic N) is 6. The molecule has 0 spiro atoms. The normalized spacial score (nSPS) is 29.7. The molecule has 2 aliphatic rings. The van der Waals surface area contributed by atoms with Gasteiger partial charge in [-0.05, 0) is 24.3 Å². The summed E-state index contributed by atoms with van der Waals surface area (Å²) in [5, 5.41) is 17.6. The lowest BCUT2D eigenvalue weighted by molar-refractivity contribution is -0.206. The zero-order valence-electron chi connectivity index (χ0n) is 29.1. The standard InChI is InChI=1S/C34H42F2N6O8S/c1-43-17-25-29(45-3)27(41-15-23(37-39-41)19-9-7-11-21(35)13-19)31(47-5)33(49-25)51-34-32(48-6)28(30(46-4)26(50-34)18-44-2)42-16-24(38-40-42)20-10-8-12-22(36)14-20/h7-16,25-34H,17-18H2,1-6H3/t25-,26-,27+,28+,29+,30+,31-,32-,33+,34+/m1/s1. The summed E-state index contributed by atoms with van der Waals surface area (Å²) in [6.45, 7) is 0.408. The molecule has 0 amide bonds. The van der Waals surface area contributed by atoms with Crippen LogP contribution < -0.4 is 0 Å². The van der Waals surface area contributed by atoms with E-state index in [0.29, 0.717) is 22.5 Å². The van der Waals surface area contributed by atoms with Gasteiger partial charge in [-0.2, -0.15) is 0 Å². The molecule has 2 aromatic heterocycles. The number of ether oxygens (including phenoxy) is 8. The number of rotatable bonds is 14. The predicted octanol–water partition coefficient (Wildman–Crippen LogP) is 3.80. The number of hydrogen-bond donors (Lipinski definition) is 0. The Balaban J connectivity index is 1.34. The summed E-state index contributed by atoms with van der Waals surface area (Å²) in [4.78, 5) is 0. The molecule has 4 heterocycles. The van der Waals surface area contributed by atoms with E-state index in [0.717, 1.165) is 0 Å². The molecule has 276 valence electrons. The first-order valence-corrected chi connectivity index (χ1v) is 17.2. The van der Waals surface area contributed by atoms with Crippen LogP contribution in [0.5, 0.6) is 0 Å². The Morgan fingerprint density at radius 2 is 1.04 bits per heavy atom. The van der Waals surface area contributed by atoms with Crippen molar-refractivity contribution in [3.8, 4) is 22.5 Å². The minimum absolute atomic E-state index is 0.204. The van der Waals surface area contributed by atoms with Gasteiger partial charge in [-0.15, -0.1) is 10.2 Å². The fraction of sp³-hybridized carbons (Fsp3) is 0.529. The fourth-order valence-corrected chi connectivity index (χ4v) is 8.36. The summed E-state index contributed by atoms with van der Waals surface area (Å²) in [6, 6.07) is 11.2. The quantitative estimate of drug-likeness (QED) is 0.186. The van der Waals surface area contributed by atoms with E-state index < -0.39 is 59.6 Å². The molecule has 2 saturated heterocycles. The highest BCUT2D eigenvalue weighted by Gasteiger charge is 2.53. The molecule has 51 heavy (non-hydrogen) atoms. The van der Waals surface area contributed by atoms with Gasteiger partial charge >= 0.3 is 0 Å². The van der Waals surface area contributed by atoms with Crippen molar-refractivity contribution in [2.75, 3.05) is 55.9 Å². The summed E-state index contributed by atoms with van der Waals surface area (Å²) in [5.74, 6) is -0.766. The molecule has 2 aliphatic heterocycles. The van der Waals surface area contributed by atoms with E-state index in [1.54, 1.807) is 88.7 Å². The van der Waals surface area contributed by atoms with Crippen molar-refractivity contribution in [3.05, 3.63) is 72.6 Å². The smallest absolute Gasteiger partial charge is 0.134 e. The lowest BCUT2D eigenvalue weighted by Gasteiger charge is -2.49. The Morgan fingerprint density at radius 1 is 0.627 bits per heavy atom. The molecule has 0 aliphatic carbocycles. The van der Waals surface area contributed by atoms with Crippen LogP contribution in [0.3, 0.4) is 0 Å². The minimum atomic E-state index is -0.669. The summed E-state index contributed by atoms with van der Waals surface area (Å²) < 4.78 is 80.2. The Morgan fingerprint density at radius 3 is 1.39 bits per heavy atom. The lowest BCUT2D eigenvalue weighted by Crippen LogP contribution is -2.59. The highest BCUT2D eigenvalue weighted by Crippen LogP contribution is 2.45. The van der Waals surface area contributed by atoms with Crippen molar-refractivity contribution in [3.63, 3.8) is 0 Å². The van der Waals surface area contributed by atoms with Crippen molar-refractivity contribution < 1.29 is 46.7 Å². The van der Waals surface area contributed by atoms with Crippen molar-refractivity contribution in [2.45, 2.75) is 59.6 Å². The second-order valence-electron chi connectivity index (χ2n) is 12.1. The van der Waals surface area contributed by atoms with E-state index in [-0.39, 0.29) is 24.8 Å². The molecule has 0 N–H and O–H groups in total. The van der Waals surface area contributed by atoms with Crippen LogP contribution in [0.15, 0.2) is 60.9 Å². The second kappa shape index (κ2) is 17.0. The van der Waals surface area contributed by atoms with Gasteiger partial charge in [-0.25, -0.2) is 18.1 Å². The molecule has 17 heteroatoms. The van der Waals surface area contributed by atoms with E-state index >= 15 is 0 Å². The van der Waals surface area contributed by atoms with Crippen LogP contribution in [-0.2, 0) is 37.9 Å². The molecule has 6 rings (SSSR count). The monoisotopic (exact) mass is 732 g/mol. The third-order valence-electron chi connectivity index (χ3n) is 9.12. The molecule has 0 unspecified atom stereocenters. The number of halogens is 2. The predicted molar refractivity (Wildman–Crippen MR) is 181 cm³/mol. The molecule has 2 fully saturated rings. The van der Waals surface area contributed by atoms with E-state index in [2.05, 4.69) is 20.6 Å². The maximum Gasteiger partial charge on any atom is 0.134 e. The number of benzene rings is 2. The number of aromatic nitrogens is 6. The Kier molecular flexibility index (Phi) is 12.4. The van der Waals surface area contributed by atoms with Gasteiger partial charge in [-0.1, -0.05) is 46.5 Å². The third-order valence-corrected chi connectivity index (χ3v) is 10.4. The van der Waals surface area contributed by atoms with Crippen LogP contribution in [0, 0.1) is 11.6 Å². The third kappa shape index (κ3) is 7.86. The van der Waals surface area contributed by atoms with Crippen LogP contribution in [0.4, 0.5) is 8.78 Å². The number of thioether (sulfide) groups is 1. The first kappa shape index (κ1) is 37.4. The first-order chi connectivity index (χ1) is 24.8. The molecule has 2 aromatic carbocycles. The highest BCUT2D eigenvalue weighted by atomic mass is 32.2. The van der Waals surface area contributed by atoms with Gasteiger partial charge in [-0.3, -0.25) is 0 Å². The van der Waals surface area contributed by atoms with Crippen LogP contribution in [0.25, 0.3) is 22.5 Å². The van der Waals surface area contributed by atoms with E-state index in [4.69, 9.17) is 37.9 Å². The lowest BCUT2D eigenvalue weighted by atomic mass is 9.96. The van der Waals surface area contributed by atoms with Gasteiger partial charge in [0.25, 0.3) is 0 Å². The maximum absolute atomic E-state index is 14.1. The van der Waals surface area contributed by atoms with Gasteiger partial charge in [0, 0.05) is 53.8 Å². The maximum atomic E-state index is 14.1. The first-order valence-electron chi connectivity index (χ1n) is 16.2. The van der Waals surface area contributed by atoms with Crippen LogP contribution in [0.1, 0.15) is 12.1 Å². The Hall–Kier alpha value is -3.39. The molecule has 10 atom stereocenters. The van der Waals surface area contributed by atoms with Crippen LogP contribution in [0.2, 0.25) is 0 Å². The molecular formula is C34H42F2N6O8S. The molecule has 0 radical (unpaired) electrons. The summed E-state index contributed by atoms with van der Waals surface area (Å²) in [5.41, 5.74) is 0.774. The van der Waals surface area contributed by atoms with Gasteiger partial charge in [0.2, 0.25) is 0 Å². The number of methoxy groups -OCH3 is 6. The van der Waals surface area contributed by atoms with E-state index in [1.807, 2.05) is 0 Å². The SMILES string of the molecule is COC[C@H]1O[C@@H](S[C@@H]2O[C@H](COC)[C@H](OC)[C@H](n3cc(-c4cccc(F)c4)nn3)[C@H]2OC)[C@H](OC)[C@@H](n2cc(-c3cccc(F)c3)nn2)[C@H]1OC. The zero-order valence-corrected chi connectivity index (χ0v) is 29.9. The van der Waals surface area contributed by atoms with Crippen molar-refractivity contribution >= 4 is 11.8 Å². The summed E-state index contributed by atoms with van der Waals surface area (Å²) in [7, 11) is 9.50. The summed E-state index contributed by atoms with van der Waals surface area (Å²) >= 11 is 1.36. The van der Waals surface area contributed by atoms with Gasteiger partial charge in [0.15, 0.2) is 0 Å². The Bertz CT molecular complexity index is 1600. The topological polar surface area (TPSA) is 135 Å². The number of hydrogen-bond acceptors (Lipinski definition) is 13. The highest BCUT2D eigenvalue weighted by molar-refractivity contribution is 8.00. The zero-order chi connectivity index (χ0) is 36.1. The average molecular weight is 733 g/mol. The largest absolute Gasteiger partial charge is 0.382 e. The second-order valence-corrected chi connectivity index (χ2v) is 13.3. The fourth-order valence-electron chi connectivity index (χ4n) is 6.83. The van der Waals surface area contributed by atoms with Gasteiger partial charge in [0.05, 0.1) is 25.6 Å². The molecule has 0 bridgehead atoms. The summed E-state index contributed by atoms with van der Waals surface area (Å²) in [6.07, 6.45) is -0.0759. The van der Waals surface area contributed by atoms with Crippen LogP contribution in [-0.4, -0.2) is 133 Å². The van der Waals surface area contributed by atoms with Gasteiger partial charge < -0.3 is 37.9 Å². The molecular weight excluding hydrogens is 690 g/mol. The molecule has 0 saturated carbocycles. The van der Waals surface area contributed by atoms with E-state index in [9.17, 15) is 8.78 Å². The van der Waals surface area contributed by atoms with Crippen molar-refractivity contribution in [1.29, 1.82) is 0 Å². The van der Waals surface area contributed by atoms with Crippen LogP contribution >= 0.6 is 11.8 Å². The molecule has 14 nitrogen and oxygen atoms in total.